The molecule has 1 fully saturated rings. The minimum Gasteiger partial charge on any atom is -0.313 e. The van der Waals surface area contributed by atoms with Crippen LogP contribution >= 0.6 is 27.7 Å². The maximum atomic E-state index is 3.60. The van der Waals surface area contributed by atoms with Crippen LogP contribution in [0.2, 0.25) is 0 Å². The summed E-state index contributed by atoms with van der Waals surface area (Å²) in [5.74, 6) is 2.13. The molecule has 1 atom stereocenters. The Morgan fingerprint density at radius 1 is 1.38 bits per heavy atom. The van der Waals surface area contributed by atoms with Gasteiger partial charge in [-0.3, -0.25) is 0 Å². The van der Waals surface area contributed by atoms with Crippen LogP contribution in [-0.2, 0) is 0 Å². The average Bonchev–Trinajstić information content (AvgIpc) is 3.10. The van der Waals surface area contributed by atoms with E-state index in [2.05, 4.69) is 52.4 Å². The van der Waals surface area contributed by atoms with Crippen LogP contribution in [0.1, 0.15) is 19.8 Å². The van der Waals surface area contributed by atoms with Crippen LogP contribution in [0.25, 0.3) is 0 Å². The molecule has 1 N–H and O–H groups in total. The predicted molar refractivity (Wildman–Crippen MR) is 75.1 cm³/mol. The molecule has 1 saturated carbocycles. The summed E-state index contributed by atoms with van der Waals surface area (Å²) in [5, 5.41) is 3.60. The van der Waals surface area contributed by atoms with Gasteiger partial charge in [-0.1, -0.05) is 22.9 Å². The Labute approximate surface area is 111 Å². The molecule has 0 saturated heterocycles. The van der Waals surface area contributed by atoms with Crippen molar-refractivity contribution in [3.8, 4) is 0 Å². The molecule has 1 nitrogen and oxygen atoms in total. The predicted octanol–water partition coefficient (Wildman–Crippen LogP) is 3.93. The quantitative estimate of drug-likeness (QED) is 0.799. The number of halogens is 1. The van der Waals surface area contributed by atoms with Crippen LogP contribution in [0.3, 0.4) is 0 Å². The Morgan fingerprint density at radius 3 is 2.62 bits per heavy atom. The van der Waals surface area contributed by atoms with Crippen molar-refractivity contribution in [2.24, 2.45) is 5.92 Å². The van der Waals surface area contributed by atoms with Crippen molar-refractivity contribution in [1.29, 1.82) is 0 Å². The second kappa shape index (κ2) is 6.08. The number of hydrogen-bond donors (Lipinski definition) is 1. The smallest absolute Gasteiger partial charge is 0.0189 e. The molecule has 0 heterocycles. The van der Waals surface area contributed by atoms with Crippen LogP contribution in [-0.4, -0.2) is 18.3 Å². The molecule has 0 aromatic heterocycles. The Morgan fingerprint density at radius 2 is 2.06 bits per heavy atom. The average molecular weight is 300 g/mol. The number of nitrogens with one attached hydrogen (secondary N) is 1. The highest BCUT2D eigenvalue weighted by molar-refractivity contribution is 9.10. The Balaban J connectivity index is 1.82. The van der Waals surface area contributed by atoms with Crippen LogP contribution in [0, 0.1) is 5.92 Å². The Bertz CT molecular complexity index is 321. The van der Waals surface area contributed by atoms with E-state index < -0.39 is 0 Å². The molecule has 1 unspecified atom stereocenters. The van der Waals surface area contributed by atoms with Gasteiger partial charge in [-0.15, -0.1) is 11.8 Å². The number of hydrogen-bond acceptors (Lipinski definition) is 2. The second-order valence-electron chi connectivity index (χ2n) is 4.27. The summed E-state index contributed by atoms with van der Waals surface area (Å²) in [6, 6.07) is 9.30. The molecule has 1 aromatic carbocycles. The number of thioether (sulfide) groups is 1. The van der Waals surface area contributed by atoms with E-state index in [0.717, 1.165) is 16.9 Å². The number of rotatable bonds is 6. The van der Waals surface area contributed by atoms with Crippen LogP contribution in [0.15, 0.2) is 33.6 Å². The van der Waals surface area contributed by atoms with E-state index in [1.807, 2.05) is 11.8 Å². The van der Waals surface area contributed by atoms with Gasteiger partial charge in [0.1, 0.15) is 0 Å². The summed E-state index contributed by atoms with van der Waals surface area (Å²) in [6.45, 7) is 3.28. The lowest BCUT2D eigenvalue weighted by Gasteiger charge is -2.16. The summed E-state index contributed by atoms with van der Waals surface area (Å²) < 4.78 is 1.15. The summed E-state index contributed by atoms with van der Waals surface area (Å²) in [4.78, 5) is 1.37. The van der Waals surface area contributed by atoms with Gasteiger partial charge in [0.05, 0.1) is 0 Å². The SMILES string of the molecule is CCNC(CSc1ccc(Br)cc1)C1CC1. The summed E-state index contributed by atoms with van der Waals surface area (Å²) in [5.41, 5.74) is 0. The maximum Gasteiger partial charge on any atom is 0.0189 e. The third kappa shape index (κ3) is 3.79. The van der Waals surface area contributed by atoms with E-state index in [1.165, 1.54) is 23.5 Å². The molecule has 1 aliphatic carbocycles. The topological polar surface area (TPSA) is 12.0 Å². The first-order valence-corrected chi connectivity index (χ1v) is 7.69. The van der Waals surface area contributed by atoms with Gasteiger partial charge < -0.3 is 5.32 Å². The van der Waals surface area contributed by atoms with E-state index in [1.54, 1.807) is 0 Å². The molecule has 0 bridgehead atoms. The van der Waals surface area contributed by atoms with Crippen molar-refractivity contribution < 1.29 is 0 Å². The molecule has 1 aromatic rings. The van der Waals surface area contributed by atoms with Gasteiger partial charge in [0.15, 0.2) is 0 Å². The molecule has 0 radical (unpaired) electrons. The van der Waals surface area contributed by atoms with Crippen molar-refractivity contribution >= 4 is 27.7 Å². The van der Waals surface area contributed by atoms with Gasteiger partial charge in [-0.05, 0) is 49.6 Å². The van der Waals surface area contributed by atoms with E-state index in [4.69, 9.17) is 0 Å². The zero-order valence-corrected chi connectivity index (χ0v) is 12.0. The molecule has 2 rings (SSSR count). The van der Waals surface area contributed by atoms with Gasteiger partial charge in [0.25, 0.3) is 0 Å². The van der Waals surface area contributed by atoms with E-state index in [9.17, 15) is 0 Å². The van der Waals surface area contributed by atoms with Crippen molar-refractivity contribution in [2.45, 2.75) is 30.7 Å². The highest BCUT2D eigenvalue weighted by Gasteiger charge is 2.30. The fourth-order valence-electron chi connectivity index (χ4n) is 1.84. The first-order chi connectivity index (χ1) is 7.79. The third-order valence-corrected chi connectivity index (χ3v) is 4.56. The highest BCUT2D eigenvalue weighted by atomic mass is 79.9. The highest BCUT2D eigenvalue weighted by Crippen LogP contribution is 2.35. The molecule has 88 valence electrons. The zero-order valence-electron chi connectivity index (χ0n) is 9.58. The minimum atomic E-state index is 0.707. The Hall–Kier alpha value is 0.01000. The first kappa shape index (κ1) is 12.5. The third-order valence-electron chi connectivity index (χ3n) is 2.90. The van der Waals surface area contributed by atoms with Crippen molar-refractivity contribution in [2.75, 3.05) is 12.3 Å². The van der Waals surface area contributed by atoms with E-state index >= 15 is 0 Å². The van der Waals surface area contributed by atoms with Crippen LogP contribution in [0.4, 0.5) is 0 Å². The Kier molecular flexibility index (Phi) is 4.74. The maximum absolute atomic E-state index is 3.60. The molecule has 3 heteroatoms. The summed E-state index contributed by atoms with van der Waals surface area (Å²) in [7, 11) is 0. The fraction of sp³-hybridized carbons (Fsp3) is 0.538. The second-order valence-corrected chi connectivity index (χ2v) is 6.28. The monoisotopic (exact) mass is 299 g/mol. The molecule has 0 spiro atoms. The minimum absolute atomic E-state index is 0.707. The lowest BCUT2D eigenvalue weighted by atomic mass is 10.2. The van der Waals surface area contributed by atoms with Gasteiger partial charge in [-0.2, -0.15) is 0 Å². The molecule has 1 aliphatic rings. The first-order valence-electron chi connectivity index (χ1n) is 5.91. The number of benzene rings is 1. The van der Waals surface area contributed by atoms with Crippen molar-refractivity contribution in [3.05, 3.63) is 28.7 Å². The molecule has 0 aliphatic heterocycles. The molecular formula is C13H18BrNS. The van der Waals surface area contributed by atoms with Crippen LogP contribution in [0.5, 0.6) is 0 Å². The van der Waals surface area contributed by atoms with Gasteiger partial charge in [-0.25, -0.2) is 0 Å². The lowest BCUT2D eigenvalue weighted by Crippen LogP contribution is -2.33. The van der Waals surface area contributed by atoms with Crippen molar-refractivity contribution in [3.63, 3.8) is 0 Å². The fourth-order valence-corrected chi connectivity index (χ4v) is 3.19. The molecule has 0 amide bonds. The normalized spacial score (nSPS) is 17.4. The zero-order chi connectivity index (χ0) is 11.4. The largest absolute Gasteiger partial charge is 0.313 e. The molecule has 16 heavy (non-hydrogen) atoms. The summed E-state index contributed by atoms with van der Waals surface area (Å²) >= 11 is 5.42. The van der Waals surface area contributed by atoms with Gasteiger partial charge in [0, 0.05) is 21.2 Å². The van der Waals surface area contributed by atoms with Gasteiger partial charge in [0.2, 0.25) is 0 Å². The van der Waals surface area contributed by atoms with E-state index in [0.29, 0.717) is 6.04 Å². The lowest BCUT2D eigenvalue weighted by molar-refractivity contribution is 0.519. The van der Waals surface area contributed by atoms with Crippen molar-refractivity contribution in [1.82, 2.24) is 5.32 Å². The standard InChI is InChI=1S/C13H18BrNS/c1-2-15-13(10-3-4-10)9-16-12-7-5-11(14)6-8-12/h5-8,10,13,15H,2-4,9H2,1H3. The van der Waals surface area contributed by atoms with Gasteiger partial charge >= 0.3 is 0 Å². The molecular weight excluding hydrogens is 282 g/mol. The summed E-state index contributed by atoms with van der Waals surface area (Å²) in [6.07, 6.45) is 2.83. The van der Waals surface area contributed by atoms with E-state index in [-0.39, 0.29) is 0 Å². The van der Waals surface area contributed by atoms with Crippen LogP contribution < -0.4 is 5.32 Å².